The highest BCUT2D eigenvalue weighted by Crippen LogP contribution is 2.40. The largest absolute Gasteiger partial charge is 0.493 e. The van der Waals surface area contributed by atoms with Gasteiger partial charge in [-0.3, -0.25) is 0 Å². The van der Waals surface area contributed by atoms with Crippen molar-refractivity contribution in [3.63, 3.8) is 0 Å². The van der Waals surface area contributed by atoms with Gasteiger partial charge in [0.05, 0.1) is 33.8 Å². The third-order valence-electron chi connectivity index (χ3n) is 5.81. The van der Waals surface area contributed by atoms with Gasteiger partial charge in [-0.25, -0.2) is 4.79 Å². The zero-order valence-corrected chi connectivity index (χ0v) is 20.2. The highest BCUT2D eigenvalue weighted by molar-refractivity contribution is 6.05. The molecule has 7 heteroatoms. The maximum absolute atomic E-state index is 12.7. The fourth-order valence-corrected chi connectivity index (χ4v) is 3.97. The average molecular weight is 465 g/mol. The molecule has 0 radical (unpaired) electrons. The fraction of sp³-hybridized carbons (Fsp3) is 0.296. The van der Waals surface area contributed by atoms with Crippen molar-refractivity contribution < 1.29 is 28.1 Å². The number of ether oxygens (including phenoxy) is 5. The molecule has 4 rings (SSSR count). The lowest BCUT2D eigenvalue weighted by Crippen LogP contribution is -2.03. The molecule has 4 aromatic rings. The molecule has 0 aliphatic heterocycles. The molecule has 0 aliphatic rings. The van der Waals surface area contributed by atoms with E-state index in [0.29, 0.717) is 45.6 Å². The van der Waals surface area contributed by atoms with Gasteiger partial charge in [0, 0.05) is 16.8 Å². The first-order valence-corrected chi connectivity index (χ1v) is 10.9. The minimum Gasteiger partial charge on any atom is -0.493 e. The topological polar surface area (TPSA) is 76.4 Å². The Morgan fingerprint density at radius 2 is 1.41 bits per heavy atom. The van der Waals surface area contributed by atoms with E-state index in [1.807, 2.05) is 36.4 Å². The number of hydrogen-bond acceptors (Lipinski definition) is 7. The normalized spacial score (nSPS) is 11.1. The smallest absolute Gasteiger partial charge is 0.344 e. The Morgan fingerprint density at radius 3 is 2.00 bits per heavy atom. The summed E-state index contributed by atoms with van der Waals surface area (Å²) < 4.78 is 33.5. The van der Waals surface area contributed by atoms with Gasteiger partial charge in [-0.2, -0.15) is 0 Å². The number of benzene rings is 3. The summed E-state index contributed by atoms with van der Waals surface area (Å²) in [6.45, 7) is 4.38. The van der Waals surface area contributed by atoms with Gasteiger partial charge in [0.1, 0.15) is 12.2 Å². The summed E-state index contributed by atoms with van der Waals surface area (Å²) >= 11 is 0. The molecule has 1 heterocycles. The maximum Gasteiger partial charge on any atom is 0.344 e. The molecule has 1 aromatic heterocycles. The lowest BCUT2D eigenvalue weighted by atomic mass is 9.98. The van der Waals surface area contributed by atoms with Crippen LogP contribution in [0.5, 0.6) is 28.7 Å². The van der Waals surface area contributed by atoms with Gasteiger partial charge in [0.25, 0.3) is 0 Å². The summed E-state index contributed by atoms with van der Waals surface area (Å²) in [6.07, 6.45) is 0. The number of methoxy groups -OCH3 is 4. The van der Waals surface area contributed by atoms with E-state index in [1.54, 1.807) is 34.5 Å². The van der Waals surface area contributed by atoms with Crippen LogP contribution in [0.25, 0.3) is 21.7 Å². The molecule has 0 bridgehead atoms. The summed E-state index contributed by atoms with van der Waals surface area (Å²) in [5.74, 6) is 2.85. The number of fused-ring (bicyclic) bond motifs is 3. The van der Waals surface area contributed by atoms with Crippen molar-refractivity contribution in [2.24, 2.45) is 0 Å². The van der Waals surface area contributed by atoms with Crippen molar-refractivity contribution in [2.45, 2.75) is 26.4 Å². The second-order valence-corrected chi connectivity index (χ2v) is 8.17. The fourth-order valence-electron chi connectivity index (χ4n) is 3.97. The van der Waals surface area contributed by atoms with Crippen molar-refractivity contribution in [2.75, 3.05) is 28.4 Å². The second-order valence-electron chi connectivity index (χ2n) is 8.17. The van der Waals surface area contributed by atoms with Crippen molar-refractivity contribution in [1.29, 1.82) is 0 Å². The molecule has 0 saturated carbocycles. The Labute approximate surface area is 197 Å². The van der Waals surface area contributed by atoms with Crippen molar-refractivity contribution >= 4 is 21.7 Å². The lowest BCUT2D eigenvalue weighted by Gasteiger charge is -2.16. The average Bonchev–Trinajstić information content (AvgIpc) is 2.85. The summed E-state index contributed by atoms with van der Waals surface area (Å²) in [5.41, 5.74) is 1.93. The Kier molecular flexibility index (Phi) is 6.54. The first kappa shape index (κ1) is 23.3. The summed E-state index contributed by atoms with van der Waals surface area (Å²) in [4.78, 5) is 12.7. The van der Waals surface area contributed by atoms with Gasteiger partial charge in [-0.05, 0) is 41.3 Å². The molecule has 0 amide bonds. The van der Waals surface area contributed by atoms with Crippen LogP contribution in [0.15, 0.2) is 51.7 Å². The van der Waals surface area contributed by atoms with Crippen LogP contribution in [0.2, 0.25) is 0 Å². The van der Waals surface area contributed by atoms with E-state index in [0.717, 1.165) is 21.9 Å². The summed E-state index contributed by atoms with van der Waals surface area (Å²) in [5, 5.41) is 2.14. The molecule has 34 heavy (non-hydrogen) atoms. The number of rotatable bonds is 8. The third kappa shape index (κ3) is 4.21. The number of hydrogen-bond donors (Lipinski definition) is 0. The van der Waals surface area contributed by atoms with Gasteiger partial charge in [-0.1, -0.05) is 26.0 Å². The summed E-state index contributed by atoms with van der Waals surface area (Å²) in [7, 11) is 6.25. The third-order valence-corrected chi connectivity index (χ3v) is 5.81. The molecule has 0 spiro atoms. The van der Waals surface area contributed by atoms with E-state index in [2.05, 4.69) is 13.8 Å². The van der Waals surface area contributed by atoms with E-state index < -0.39 is 0 Å². The first-order chi connectivity index (χ1) is 16.4. The molecule has 0 fully saturated rings. The van der Waals surface area contributed by atoms with Crippen LogP contribution in [-0.2, 0) is 6.61 Å². The summed E-state index contributed by atoms with van der Waals surface area (Å²) in [6, 6.07) is 13.0. The van der Waals surface area contributed by atoms with Gasteiger partial charge in [0.15, 0.2) is 23.0 Å². The lowest BCUT2D eigenvalue weighted by molar-refractivity contribution is 0.281. The minimum atomic E-state index is -0.384. The van der Waals surface area contributed by atoms with E-state index in [9.17, 15) is 4.79 Å². The van der Waals surface area contributed by atoms with Gasteiger partial charge < -0.3 is 28.1 Å². The Bertz CT molecular complexity index is 1380. The Morgan fingerprint density at radius 1 is 0.735 bits per heavy atom. The molecular formula is C27H28O7. The highest BCUT2D eigenvalue weighted by atomic mass is 16.5. The van der Waals surface area contributed by atoms with Gasteiger partial charge in [0.2, 0.25) is 5.75 Å². The quantitative estimate of drug-likeness (QED) is 0.245. The predicted molar refractivity (Wildman–Crippen MR) is 131 cm³/mol. The SMILES string of the molecule is COc1cc2c(cc1OCc1cc(OC)c(OC)c(OC)c1)oc(=O)c1cc(C(C)C)ccc12. The zero-order valence-electron chi connectivity index (χ0n) is 20.2. The van der Waals surface area contributed by atoms with Crippen molar-refractivity contribution in [1.82, 2.24) is 0 Å². The minimum absolute atomic E-state index is 0.203. The maximum atomic E-state index is 12.7. The monoisotopic (exact) mass is 464 g/mol. The Balaban J connectivity index is 1.74. The van der Waals surface area contributed by atoms with Crippen LogP contribution in [0.3, 0.4) is 0 Å². The Hall–Kier alpha value is -3.87. The molecule has 0 aliphatic carbocycles. The molecule has 0 unspecified atom stereocenters. The standard InChI is InChI=1S/C27H28O7/c1-15(2)17-7-8-18-19-12-22(29-3)23(13-21(19)34-27(28)20(18)11-17)33-14-16-9-24(30-4)26(32-6)25(10-16)31-5/h7-13,15H,14H2,1-6H3. The van der Waals surface area contributed by atoms with Crippen LogP contribution < -0.4 is 29.3 Å². The molecule has 7 nitrogen and oxygen atoms in total. The van der Waals surface area contributed by atoms with Crippen LogP contribution in [-0.4, -0.2) is 28.4 Å². The van der Waals surface area contributed by atoms with Gasteiger partial charge in [-0.15, -0.1) is 0 Å². The van der Waals surface area contributed by atoms with E-state index in [4.69, 9.17) is 28.1 Å². The van der Waals surface area contributed by atoms with Gasteiger partial charge >= 0.3 is 5.63 Å². The molecule has 0 N–H and O–H groups in total. The zero-order chi connectivity index (χ0) is 24.4. The highest BCUT2D eigenvalue weighted by Gasteiger charge is 2.17. The molecule has 0 atom stereocenters. The van der Waals surface area contributed by atoms with E-state index >= 15 is 0 Å². The van der Waals surface area contributed by atoms with Crippen LogP contribution in [0, 0.1) is 0 Å². The first-order valence-electron chi connectivity index (χ1n) is 10.9. The molecule has 3 aromatic carbocycles. The van der Waals surface area contributed by atoms with E-state index in [1.165, 1.54) is 0 Å². The van der Waals surface area contributed by atoms with Crippen LogP contribution in [0.4, 0.5) is 0 Å². The van der Waals surface area contributed by atoms with Crippen molar-refractivity contribution in [3.8, 4) is 28.7 Å². The molecule has 178 valence electrons. The van der Waals surface area contributed by atoms with Crippen molar-refractivity contribution in [3.05, 3.63) is 64.0 Å². The molecule has 0 saturated heterocycles. The van der Waals surface area contributed by atoms with Crippen LogP contribution >= 0.6 is 0 Å². The van der Waals surface area contributed by atoms with Crippen LogP contribution in [0.1, 0.15) is 30.9 Å². The van der Waals surface area contributed by atoms with E-state index in [-0.39, 0.29) is 12.2 Å². The molecular weight excluding hydrogens is 436 g/mol. The second kappa shape index (κ2) is 9.55. The predicted octanol–water partition coefficient (Wildman–Crippen LogP) is 5.68.